The molecule has 2 rings (SSSR count). The van der Waals surface area contributed by atoms with Gasteiger partial charge in [-0.1, -0.05) is 24.3 Å². The first-order valence-electron chi connectivity index (χ1n) is 6.69. The maximum Gasteiger partial charge on any atom is 0.142 e. The van der Waals surface area contributed by atoms with Crippen LogP contribution in [0.25, 0.3) is 0 Å². The van der Waals surface area contributed by atoms with Gasteiger partial charge in [0.05, 0.1) is 16.6 Å². The fraction of sp³-hybridized carbons (Fsp3) is 0.250. The van der Waals surface area contributed by atoms with Crippen LogP contribution < -0.4 is 16.0 Å². The van der Waals surface area contributed by atoms with E-state index in [-0.39, 0.29) is 11.9 Å². The fourth-order valence-corrected chi connectivity index (χ4v) is 2.50. The Morgan fingerprint density at radius 3 is 2.38 bits per heavy atom. The minimum Gasteiger partial charge on any atom is -0.491 e. The molecule has 1 unspecified atom stereocenters. The van der Waals surface area contributed by atoms with Crippen molar-refractivity contribution in [1.29, 1.82) is 0 Å². The van der Waals surface area contributed by atoms with Crippen LogP contribution in [0.5, 0.6) is 5.75 Å². The summed E-state index contributed by atoms with van der Waals surface area (Å²) in [4.78, 5) is 0. The second kappa shape index (κ2) is 7.02. The van der Waals surface area contributed by atoms with E-state index in [9.17, 15) is 4.39 Å². The van der Waals surface area contributed by atoms with Crippen LogP contribution >= 0.6 is 15.9 Å². The second-order valence-electron chi connectivity index (χ2n) is 4.98. The van der Waals surface area contributed by atoms with Gasteiger partial charge < -0.3 is 4.74 Å². The first-order chi connectivity index (χ1) is 10.0. The fourth-order valence-electron chi connectivity index (χ4n) is 2.12. The highest BCUT2D eigenvalue weighted by Gasteiger charge is 2.18. The van der Waals surface area contributed by atoms with E-state index in [2.05, 4.69) is 21.4 Å². The van der Waals surface area contributed by atoms with E-state index < -0.39 is 6.04 Å². The molecule has 21 heavy (non-hydrogen) atoms. The summed E-state index contributed by atoms with van der Waals surface area (Å²) in [7, 11) is 0. The molecular weight excluding hydrogens is 335 g/mol. The number of nitrogens with one attached hydrogen (secondary N) is 1. The Labute approximate surface area is 132 Å². The van der Waals surface area contributed by atoms with Crippen molar-refractivity contribution in [2.24, 2.45) is 5.84 Å². The average Bonchev–Trinajstić information content (AvgIpc) is 2.45. The molecular formula is C16H18BrFN2O. The van der Waals surface area contributed by atoms with E-state index in [0.717, 1.165) is 11.3 Å². The normalized spacial score (nSPS) is 12.5. The highest BCUT2D eigenvalue weighted by atomic mass is 79.9. The number of hydrogen-bond donors (Lipinski definition) is 2. The monoisotopic (exact) mass is 352 g/mol. The molecule has 0 radical (unpaired) electrons. The SMILES string of the molecule is CC(C)Oc1ccc(C(NN)c2cccc(Br)c2F)cc1. The van der Waals surface area contributed by atoms with Crippen LogP contribution in [0.15, 0.2) is 46.9 Å². The third-order valence-electron chi connectivity index (χ3n) is 3.04. The van der Waals surface area contributed by atoms with Crippen molar-refractivity contribution < 1.29 is 9.13 Å². The van der Waals surface area contributed by atoms with Crippen LogP contribution in [0.4, 0.5) is 4.39 Å². The van der Waals surface area contributed by atoms with E-state index in [1.807, 2.05) is 38.1 Å². The average molecular weight is 353 g/mol. The van der Waals surface area contributed by atoms with E-state index in [0.29, 0.717) is 10.0 Å². The molecule has 0 aliphatic rings. The molecule has 3 N–H and O–H groups in total. The van der Waals surface area contributed by atoms with E-state index in [1.165, 1.54) is 0 Å². The van der Waals surface area contributed by atoms with Gasteiger partial charge in [-0.05, 0) is 53.5 Å². The molecule has 3 nitrogen and oxygen atoms in total. The quantitative estimate of drug-likeness (QED) is 0.633. The summed E-state index contributed by atoms with van der Waals surface area (Å²) in [6, 6.07) is 12.2. The summed E-state index contributed by atoms with van der Waals surface area (Å²) in [6.45, 7) is 3.93. The van der Waals surface area contributed by atoms with Crippen molar-refractivity contribution in [3.63, 3.8) is 0 Å². The molecule has 2 aromatic carbocycles. The summed E-state index contributed by atoms with van der Waals surface area (Å²) >= 11 is 3.19. The maximum absolute atomic E-state index is 14.2. The molecule has 0 aromatic heterocycles. The van der Waals surface area contributed by atoms with Crippen LogP contribution in [-0.2, 0) is 0 Å². The standard InChI is InChI=1S/C16H18BrFN2O/c1-10(2)21-12-8-6-11(7-9-12)16(20-19)13-4-3-5-14(17)15(13)18/h3-10,16,20H,19H2,1-2H3. The number of hydrazine groups is 1. The molecule has 0 spiro atoms. The highest BCUT2D eigenvalue weighted by molar-refractivity contribution is 9.10. The van der Waals surface area contributed by atoms with Gasteiger partial charge >= 0.3 is 0 Å². The second-order valence-corrected chi connectivity index (χ2v) is 5.83. The maximum atomic E-state index is 14.2. The number of hydrogen-bond acceptors (Lipinski definition) is 3. The van der Waals surface area contributed by atoms with Gasteiger partial charge in [-0.15, -0.1) is 0 Å². The molecule has 0 saturated heterocycles. The zero-order valence-corrected chi connectivity index (χ0v) is 13.5. The minimum absolute atomic E-state index is 0.113. The topological polar surface area (TPSA) is 47.3 Å². The van der Waals surface area contributed by atoms with Gasteiger partial charge in [0.25, 0.3) is 0 Å². The summed E-state index contributed by atoms with van der Waals surface area (Å²) < 4.78 is 20.2. The Morgan fingerprint density at radius 2 is 1.81 bits per heavy atom. The molecule has 0 saturated carbocycles. The Balaban J connectivity index is 2.31. The van der Waals surface area contributed by atoms with Crippen molar-refractivity contribution >= 4 is 15.9 Å². The zero-order chi connectivity index (χ0) is 15.4. The first kappa shape index (κ1) is 15.9. The Kier molecular flexibility index (Phi) is 5.33. The molecule has 0 heterocycles. The molecule has 0 amide bonds. The molecule has 0 bridgehead atoms. The number of ether oxygens (including phenoxy) is 1. The number of nitrogens with two attached hydrogens (primary N) is 1. The minimum atomic E-state index is -0.421. The Hall–Kier alpha value is -1.43. The van der Waals surface area contributed by atoms with Gasteiger partial charge in [0.15, 0.2) is 0 Å². The van der Waals surface area contributed by atoms with Crippen LogP contribution in [0.3, 0.4) is 0 Å². The van der Waals surface area contributed by atoms with Gasteiger partial charge in [0, 0.05) is 5.56 Å². The summed E-state index contributed by atoms with van der Waals surface area (Å²) in [5.41, 5.74) is 4.02. The summed E-state index contributed by atoms with van der Waals surface area (Å²) in [5.74, 6) is 6.07. The molecule has 1 atom stereocenters. The molecule has 2 aromatic rings. The predicted octanol–water partition coefficient (Wildman–Crippen LogP) is 3.93. The van der Waals surface area contributed by atoms with Crippen molar-refractivity contribution in [3.8, 4) is 5.75 Å². The molecule has 112 valence electrons. The van der Waals surface area contributed by atoms with Gasteiger partial charge in [-0.25, -0.2) is 9.82 Å². The smallest absolute Gasteiger partial charge is 0.142 e. The lowest BCUT2D eigenvalue weighted by Crippen LogP contribution is -2.29. The van der Waals surface area contributed by atoms with Crippen molar-refractivity contribution in [3.05, 3.63) is 63.9 Å². The lowest BCUT2D eigenvalue weighted by molar-refractivity contribution is 0.242. The first-order valence-corrected chi connectivity index (χ1v) is 7.49. The number of benzene rings is 2. The number of halogens is 2. The van der Waals surface area contributed by atoms with Crippen LogP contribution in [0.1, 0.15) is 31.0 Å². The van der Waals surface area contributed by atoms with Gasteiger partial charge in [-0.3, -0.25) is 5.84 Å². The van der Waals surface area contributed by atoms with Gasteiger partial charge in [0.1, 0.15) is 11.6 Å². The lowest BCUT2D eigenvalue weighted by atomic mass is 9.99. The van der Waals surface area contributed by atoms with Crippen molar-refractivity contribution in [2.45, 2.75) is 26.0 Å². The van der Waals surface area contributed by atoms with Crippen molar-refractivity contribution in [1.82, 2.24) is 5.43 Å². The lowest BCUT2D eigenvalue weighted by Gasteiger charge is -2.19. The zero-order valence-electron chi connectivity index (χ0n) is 11.9. The van der Waals surface area contributed by atoms with E-state index >= 15 is 0 Å². The third kappa shape index (κ3) is 3.81. The summed E-state index contributed by atoms with van der Waals surface area (Å²) in [5, 5.41) is 0. The van der Waals surface area contributed by atoms with E-state index in [4.69, 9.17) is 10.6 Å². The highest BCUT2D eigenvalue weighted by Crippen LogP contribution is 2.29. The molecule has 0 fully saturated rings. The molecule has 0 aliphatic heterocycles. The Bertz CT molecular complexity index is 602. The van der Waals surface area contributed by atoms with Gasteiger partial charge in [0.2, 0.25) is 0 Å². The molecule has 0 aliphatic carbocycles. The largest absolute Gasteiger partial charge is 0.491 e. The predicted molar refractivity (Wildman–Crippen MR) is 85.5 cm³/mol. The van der Waals surface area contributed by atoms with Crippen LogP contribution in [0.2, 0.25) is 0 Å². The van der Waals surface area contributed by atoms with Crippen LogP contribution in [-0.4, -0.2) is 6.10 Å². The molecule has 5 heteroatoms. The van der Waals surface area contributed by atoms with Crippen molar-refractivity contribution in [2.75, 3.05) is 0 Å². The van der Waals surface area contributed by atoms with Crippen LogP contribution in [0, 0.1) is 5.82 Å². The van der Waals surface area contributed by atoms with E-state index in [1.54, 1.807) is 18.2 Å². The van der Waals surface area contributed by atoms with Gasteiger partial charge in [-0.2, -0.15) is 0 Å². The Morgan fingerprint density at radius 1 is 1.14 bits per heavy atom. The third-order valence-corrected chi connectivity index (χ3v) is 3.66. The summed E-state index contributed by atoms with van der Waals surface area (Å²) in [6.07, 6.45) is 0.113. The number of rotatable bonds is 5.